The summed E-state index contributed by atoms with van der Waals surface area (Å²) in [5.74, 6) is 1.44. The molecule has 0 amide bonds. The van der Waals surface area contributed by atoms with Gasteiger partial charge in [-0.25, -0.2) is 0 Å². The second-order valence-electron chi connectivity index (χ2n) is 5.87. The van der Waals surface area contributed by atoms with Crippen LogP contribution in [0.4, 0.5) is 0 Å². The molecule has 0 aromatic heterocycles. The Morgan fingerprint density at radius 3 is 2.95 bits per heavy atom. The molecular formula is C17H16BrNO2S. The van der Waals surface area contributed by atoms with Crippen molar-refractivity contribution in [3.05, 3.63) is 50.1 Å². The van der Waals surface area contributed by atoms with Crippen molar-refractivity contribution in [2.75, 3.05) is 5.75 Å². The normalized spacial score (nSPS) is 24.2. The van der Waals surface area contributed by atoms with Gasteiger partial charge in [0.25, 0.3) is 0 Å². The Morgan fingerprint density at radius 2 is 2.09 bits per heavy atom. The summed E-state index contributed by atoms with van der Waals surface area (Å²) in [6.45, 7) is 0. The van der Waals surface area contributed by atoms with Crippen LogP contribution in [-0.2, 0) is 4.79 Å². The third-order valence-electron chi connectivity index (χ3n) is 4.51. The van der Waals surface area contributed by atoms with Crippen LogP contribution < -0.4 is 5.32 Å². The Labute approximate surface area is 142 Å². The summed E-state index contributed by atoms with van der Waals surface area (Å²) >= 11 is 5.31. The Bertz CT molecular complexity index is 738. The SMILES string of the molecule is O=C1CCC2=C1C(c1cc(Br)ccc1O)C1=C(CCCS1)N2. The number of hydrogen-bond acceptors (Lipinski definition) is 4. The van der Waals surface area contributed by atoms with Crippen LogP contribution in [0, 0.1) is 0 Å². The molecule has 1 unspecified atom stereocenters. The van der Waals surface area contributed by atoms with Gasteiger partial charge >= 0.3 is 0 Å². The minimum absolute atomic E-state index is 0.107. The van der Waals surface area contributed by atoms with Crippen LogP contribution in [-0.4, -0.2) is 16.6 Å². The molecule has 2 aliphatic heterocycles. The second kappa shape index (κ2) is 5.46. The van der Waals surface area contributed by atoms with Gasteiger partial charge in [0.2, 0.25) is 0 Å². The molecule has 3 nitrogen and oxygen atoms in total. The molecule has 1 aromatic carbocycles. The molecule has 1 atom stereocenters. The van der Waals surface area contributed by atoms with Gasteiger partial charge in [-0.1, -0.05) is 15.9 Å². The summed E-state index contributed by atoms with van der Waals surface area (Å²) in [5, 5.41) is 13.9. The van der Waals surface area contributed by atoms with E-state index in [0.29, 0.717) is 6.42 Å². The van der Waals surface area contributed by atoms with Crippen molar-refractivity contribution in [3.8, 4) is 5.75 Å². The van der Waals surface area contributed by atoms with Crippen LogP contribution in [0.2, 0.25) is 0 Å². The van der Waals surface area contributed by atoms with E-state index in [1.165, 1.54) is 10.6 Å². The van der Waals surface area contributed by atoms with E-state index in [1.807, 2.05) is 23.9 Å². The number of nitrogens with one attached hydrogen (secondary N) is 1. The van der Waals surface area contributed by atoms with Crippen molar-refractivity contribution >= 4 is 33.5 Å². The van der Waals surface area contributed by atoms with Crippen molar-refractivity contribution in [1.29, 1.82) is 0 Å². The first-order valence-corrected chi connectivity index (χ1v) is 9.30. The molecule has 0 saturated heterocycles. The molecular weight excluding hydrogens is 362 g/mol. The Morgan fingerprint density at radius 1 is 1.23 bits per heavy atom. The van der Waals surface area contributed by atoms with Crippen LogP contribution in [0.15, 0.2) is 44.5 Å². The van der Waals surface area contributed by atoms with Gasteiger partial charge in [0, 0.05) is 38.3 Å². The van der Waals surface area contributed by atoms with Crippen LogP contribution >= 0.6 is 27.7 Å². The minimum Gasteiger partial charge on any atom is -0.508 e. The maximum atomic E-state index is 12.4. The highest BCUT2D eigenvalue weighted by atomic mass is 79.9. The quantitative estimate of drug-likeness (QED) is 0.769. The highest BCUT2D eigenvalue weighted by Crippen LogP contribution is 2.51. The first-order chi connectivity index (χ1) is 10.6. The van der Waals surface area contributed by atoms with Gasteiger partial charge in [0.1, 0.15) is 5.75 Å². The molecule has 0 fully saturated rings. The summed E-state index contributed by atoms with van der Waals surface area (Å²) in [5.41, 5.74) is 4.01. The smallest absolute Gasteiger partial charge is 0.161 e. The molecule has 0 saturated carbocycles. The lowest BCUT2D eigenvalue weighted by molar-refractivity contribution is -0.115. The zero-order valence-corrected chi connectivity index (χ0v) is 14.4. The summed E-state index contributed by atoms with van der Waals surface area (Å²) < 4.78 is 0.925. The number of Topliss-reactive ketones (excluding diaryl/α,β-unsaturated/α-hetero) is 1. The molecule has 0 bridgehead atoms. The fraction of sp³-hybridized carbons (Fsp3) is 0.353. The molecule has 22 heavy (non-hydrogen) atoms. The number of carbonyl (C=O) groups excluding carboxylic acids is 1. The first-order valence-electron chi connectivity index (χ1n) is 7.52. The molecule has 1 aromatic rings. The Kier molecular flexibility index (Phi) is 3.57. The van der Waals surface area contributed by atoms with Gasteiger partial charge in [-0.3, -0.25) is 4.79 Å². The van der Waals surface area contributed by atoms with Crippen LogP contribution in [0.1, 0.15) is 37.2 Å². The lowest BCUT2D eigenvalue weighted by atomic mass is 9.85. The number of thioether (sulfide) groups is 1. The van der Waals surface area contributed by atoms with E-state index in [0.717, 1.165) is 46.3 Å². The number of phenolic OH excluding ortho intramolecular Hbond substituents is 1. The lowest BCUT2D eigenvalue weighted by Crippen LogP contribution is -2.27. The standard InChI is InChI=1S/C17H16BrNO2S/c18-9-3-5-13(20)10(8-9)15-16-11(4-6-14(16)21)19-12-2-1-7-22-17(12)15/h3,5,8,15,19-20H,1-2,4,6-7H2. The number of ketones is 1. The molecule has 0 spiro atoms. The molecule has 3 aliphatic rings. The first kappa shape index (κ1) is 14.4. The number of aromatic hydroxyl groups is 1. The van der Waals surface area contributed by atoms with Gasteiger partial charge < -0.3 is 10.4 Å². The number of hydrogen-bond donors (Lipinski definition) is 2. The van der Waals surface area contributed by atoms with Gasteiger partial charge in [-0.15, -0.1) is 11.8 Å². The average Bonchev–Trinajstić information content (AvgIpc) is 2.89. The predicted molar refractivity (Wildman–Crippen MR) is 91.7 cm³/mol. The zero-order valence-electron chi connectivity index (χ0n) is 12.0. The van der Waals surface area contributed by atoms with Crippen molar-refractivity contribution < 1.29 is 9.90 Å². The number of benzene rings is 1. The van der Waals surface area contributed by atoms with Crippen LogP contribution in [0.25, 0.3) is 0 Å². The third-order valence-corrected chi connectivity index (χ3v) is 6.29. The van der Waals surface area contributed by atoms with Crippen LogP contribution in [0.3, 0.4) is 0 Å². The average molecular weight is 378 g/mol. The van der Waals surface area contributed by atoms with E-state index in [4.69, 9.17) is 0 Å². The van der Waals surface area contributed by atoms with Crippen molar-refractivity contribution in [1.82, 2.24) is 5.32 Å². The van der Waals surface area contributed by atoms with Gasteiger partial charge in [0.15, 0.2) is 5.78 Å². The number of dihydropyridines is 1. The van der Waals surface area contributed by atoms with E-state index in [9.17, 15) is 9.90 Å². The fourth-order valence-corrected chi connectivity index (χ4v) is 5.16. The van der Waals surface area contributed by atoms with Crippen molar-refractivity contribution in [3.63, 3.8) is 0 Å². The molecule has 1 aliphatic carbocycles. The largest absolute Gasteiger partial charge is 0.508 e. The topological polar surface area (TPSA) is 49.3 Å². The van der Waals surface area contributed by atoms with E-state index >= 15 is 0 Å². The number of allylic oxidation sites excluding steroid dienone is 4. The Balaban J connectivity index is 1.91. The summed E-state index contributed by atoms with van der Waals surface area (Å²) in [4.78, 5) is 13.7. The summed E-state index contributed by atoms with van der Waals surface area (Å²) in [6, 6.07) is 5.48. The monoisotopic (exact) mass is 377 g/mol. The molecule has 114 valence electrons. The third kappa shape index (κ3) is 2.22. The van der Waals surface area contributed by atoms with Gasteiger partial charge in [-0.05, 0) is 43.2 Å². The number of carbonyl (C=O) groups is 1. The van der Waals surface area contributed by atoms with Crippen LogP contribution in [0.5, 0.6) is 5.75 Å². The number of halogens is 1. The van der Waals surface area contributed by atoms with Gasteiger partial charge in [0.05, 0.1) is 5.92 Å². The molecule has 2 heterocycles. The minimum atomic E-state index is -0.107. The highest BCUT2D eigenvalue weighted by Gasteiger charge is 2.39. The lowest BCUT2D eigenvalue weighted by Gasteiger charge is -2.33. The van der Waals surface area contributed by atoms with E-state index in [2.05, 4.69) is 21.2 Å². The van der Waals surface area contributed by atoms with Crippen molar-refractivity contribution in [2.24, 2.45) is 0 Å². The maximum absolute atomic E-state index is 12.4. The predicted octanol–water partition coefficient (Wildman–Crippen LogP) is 4.20. The number of rotatable bonds is 1. The van der Waals surface area contributed by atoms with E-state index < -0.39 is 0 Å². The van der Waals surface area contributed by atoms with E-state index in [-0.39, 0.29) is 17.5 Å². The van der Waals surface area contributed by atoms with Gasteiger partial charge in [-0.2, -0.15) is 0 Å². The summed E-state index contributed by atoms with van der Waals surface area (Å²) in [6.07, 6.45) is 3.55. The highest BCUT2D eigenvalue weighted by molar-refractivity contribution is 9.10. The molecule has 5 heteroatoms. The zero-order chi connectivity index (χ0) is 15.3. The fourth-order valence-electron chi connectivity index (χ4n) is 3.53. The van der Waals surface area contributed by atoms with E-state index in [1.54, 1.807) is 6.07 Å². The maximum Gasteiger partial charge on any atom is 0.161 e. The molecule has 2 N–H and O–H groups in total. The van der Waals surface area contributed by atoms with Crippen molar-refractivity contribution in [2.45, 2.75) is 31.6 Å². The summed E-state index contributed by atoms with van der Waals surface area (Å²) in [7, 11) is 0. The Hall–Kier alpha value is -1.20. The molecule has 0 radical (unpaired) electrons. The molecule has 4 rings (SSSR count). The number of phenols is 1. The second-order valence-corrected chi connectivity index (χ2v) is 7.92.